The maximum atomic E-state index is 12.2. The monoisotopic (exact) mass is 331 g/mol. The van der Waals surface area contributed by atoms with Crippen LogP contribution in [0.1, 0.15) is 36.0 Å². The van der Waals surface area contributed by atoms with E-state index in [2.05, 4.69) is 5.32 Å². The maximum absolute atomic E-state index is 12.2. The molecule has 2 aromatic rings. The van der Waals surface area contributed by atoms with Gasteiger partial charge in [0.15, 0.2) is 6.61 Å². The first-order valence-corrected chi connectivity index (χ1v) is 8.27. The molecule has 5 heteroatoms. The van der Waals surface area contributed by atoms with Crippen LogP contribution < -0.4 is 5.32 Å². The molecule has 2 rings (SSSR count). The Hall–Kier alpha value is -2.14. The first-order valence-electron chi connectivity index (χ1n) is 7.39. The summed E-state index contributed by atoms with van der Waals surface area (Å²) in [6, 6.07) is 9.83. The lowest BCUT2D eigenvalue weighted by Crippen LogP contribution is -2.42. The van der Waals surface area contributed by atoms with Crippen molar-refractivity contribution in [2.24, 2.45) is 0 Å². The molecule has 0 atom stereocenters. The Labute approximate surface area is 140 Å². The quantitative estimate of drug-likeness (QED) is 0.867. The Morgan fingerprint density at radius 2 is 1.78 bits per heavy atom. The van der Waals surface area contributed by atoms with Crippen molar-refractivity contribution in [2.75, 3.05) is 6.61 Å². The van der Waals surface area contributed by atoms with Crippen LogP contribution in [0.25, 0.3) is 11.1 Å². The van der Waals surface area contributed by atoms with Crippen LogP contribution >= 0.6 is 11.3 Å². The number of rotatable bonds is 4. The van der Waals surface area contributed by atoms with Gasteiger partial charge in [-0.1, -0.05) is 29.8 Å². The lowest BCUT2D eigenvalue weighted by atomic mass is 10.1. The fraction of sp³-hybridized carbons (Fsp3) is 0.333. The van der Waals surface area contributed by atoms with Gasteiger partial charge in [-0.25, -0.2) is 4.79 Å². The predicted octanol–water partition coefficient (Wildman–Crippen LogP) is 3.80. The zero-order chi connectivity index (χ0) is 17.0. The van der Waals surface area contributed by atoms with Gasteiger partial charge in [-0.2, -0.15) is 0 Å². The zero-order valence-corrected chi connectivity index (χ0v) is 14.6. The van der Waals surface area contributed by atoms with Gasteiger partial charge in [0.25, 0.3) is 5.91 Å². The second-order valence-corrected chi connectivity index (χ2v) is 7.32. The van der Waals surface area contributed by atoms with Gasteiger partial charge in [0, 0.05) is 11.1 Å². The standard InChI is InChI=1S/C18H21NO3S/c1-12-5-7-13(8-6-12)14-9-10-23-16(14)17(21)22-11-15(20)19-18(2,3)4/h5-10H,11H2,1-4H3,(H,19,20). The minimum Gasteiger partial charge on any atom is -0.451 e. The third-order valence-electron chi connectivity index (χ3n) is 3.06. The highest BCUT2D eigenvalue weighted by molar-refractivity contribution is 7.12. The smallest absolute Gasteiger partial charge is 0.349 e. The van der Waals surface area contributed by atoms with E-state index in [9.17, 15) is 9.59 Å². The Balaban J connectivity index is 2.05. The summed E-state index contributed by atoms with van der Waals surface area (Å²) in [7, 11) is 0. The Bertz CT molecular complexity index is 696. The molecule has 0 radical (unpaired) electrons. The van der Waals surface area contributed by atoms with E-state index in [0.717, 1.165) is 16.7 Å². The fourth-order valence-corrected chi connectivity index (χ4v) is 2.89. The number of carbonyl (C=O) groups is 2. The van der Waals surface area contributed by atoms with Gasteiger partial charge < -0.3 is 10.1 Å². The van der Waals surface area contributed by atoms with E-state index in [0.29, 0.717) is 4.88 Å². The molecule has 1 N–H and O–H groups in total. The van der Waals surface area contributed by atoms with Crippen LogP contribution in [0.3, 0.4) is 0 Å². The summed E-state index contributed by atoms with van der Waals surface area (Å²) in [6.07, 6.45) is 0. The molecule has 0 aliphatic carbocycles. The van der Waals surface area contributed by atoms with E-state index in [1.807, 2.05) is 63.4 Å². The van der Waals surface area contributed by atoms with E-state index in [-0.39, 0.29) is 18.1 Å². The molecule has 0 fully saturated rings. The van der Waals surface area contributed by atoms with E-state index in [1.54, 1.807) is 0 Å². The largest absolute Gasteiger partial charge is 0.451 e. The summed E-state index contributed by atoms with van der Waals surface area (Å²) >= 11 is 1.32. The molecule has 0 aliphatic heterocycles. The van der Waals surface area contributed by atoms with Gasteiger partial charge in [0.2, 0.25) is 0 Å². The molecule has 1 amide bonds. The normalized spacial score (nSPS) is 11.1. The molecule has 1 heterocycles. The summed E-state index contributed by atoms with van der Waals surface area (Å²) in [6.45, 7) is 7.37. The molecule has 0 bridgehead atoms. The van der Waals surface area contributed by atoms with Crippen LogP contribution in [0.15, 0.2) is 35.7 Å². The highest BCUT2D eigenvalue weighted by Gasteiger charge is 2.19. The van der Waals surface area contributed by atoms with Crippen molar-refractivity contribution in [3.63, 3.8) is 0 Å². The molecule has 0 spiro atoms. The number of ether oxygens (including phenoxy) is 1. The molecule has 0 aliphatic rings. The van der Waals surface area contributed by atoms with E-state index in [4.69, 9.17) is 4.74 Å². The number of nitrogens with one attached hydrogen (secondary N) is 1. The average molecular weight is 331 g/mol. The molecule has 0 unspecified atom stereocenters. The highest BCUT2D eigenvalue weighted by Crippen LogP contribution is 2.29. The van der Waals surface area contributed by atoms with Crippen molar-refractivity contribution in [1.82, 2.24) is 5.32 Å². The number of esters is 1. The molecular formula is C18H21NO3S. The lowest BCUT2D eigenvalue weighted by molar-refractivity contribution is -0.125. The van der Waals surface area contributed by atoms with Crippen LogP contribution in [0, 0.1) is 6.92 Å². The van der Waals surface area contributed by atoms with E-state index < -0.39 is 5.97 Å². The van der Waals surface area contributed by atoms with Crippen LogP contribution in [0.5, 0.6) is 0 Å². The number of hydrogen-bond acceptors (Lipinski definition) is 4. The fourth-order valence-electron chi connectivity index (χ4n) is 2.08. The van der Waals surface area contributed by atoms with Gasteiger partial charge in [-0.15, -0.1) is 11.3 Å². The Kier molecular flexibility index (Phi) is 5.21. The summed E-state index contributed by atoms with van der Waals surface area (Å²) in [4.78, 5) is 24.5. The summed E-state index contributed by atoms with van der Waals surface area (Å²) in [5.41, 5.74) is 2.60. The number of amides is 1. The molecule has 4 nitrogen and oxygen atoms in total. The predicted molar refractivity (Wildman–Crippen MR) is 92.7 cm³/mol. The van der Waals surface area contributed by atoms with E-state index >= 15 is 0 Å². The van der Waals surface area contributed by atoms with Crippen LogP contribution in [-0.4, -0.2) is 24.0 Å². The minimum absolute atomic E-state index is 0.276. The second-order valence-electron chi connectivity index (χ2n) is 6.40. The molecule has 1 aromatic carbocycles. The van der Waals surface area contributed by atoms with Gasteiger partial charge >= 0.3 is 5.97 Å². The summed E-state index contributed by atoms with van der Waals surface area (Å²) in [5, 5.41) is 4.61. The van der Waals surface area contributed by atoms with Crippen LogP contribution in [-0.2, 0) is 9.53 Å². The third kappa shape index (κ3) is 4.93. The topological polar surface area (TPSA) is 55.4 Å². The number of aryl methyl sites for hydroxylation is 1. The van der Waals surface area contributed by atoms with Crippen molar-refractivity contribution < 1.29 is 14.3 Å². The SMILES string of the molecule is Cc1ccc(-c2ccsc2C(=O)OCC(=O)NC(C)(C)C)cc1. The highest BCUT2D eigenvalue weighted by atomic mass is 32.1. The molecular weight excluding hydrogens is 310 g/mol. The number of hydrogen-bond donors (Lipinski definition) is 1. The number of thiophene rings is 1. The van der Waals surface area contributed by atoms with Crippen molar-refractivity contribution in [3.8, 4) is 11.1 Å². The molecule has 23 heavy (non-hydrogen) atoms. The van der Waals surface area contributed by atoms with E-state index in [1.165, 1.54) is 11.3 Å². The van der Waals surface area contributed by atoms with Crippen LogP contribution in [0.2, 0.25) is 0 Å². The minimum atomic E-state index is -0.473. The van der Waals surface area contributed by atoms with Crippen LogP contribution in [0.4, 0.5) is 0 Å². The van der Waals surface area contributed by atoms with Crippen molar-refractivity contribution in [2.45, 2.75) is 33.2 Å². The zero-order valence-electron chi connectivity index (χ0n) is 13.8. The molecule has 0 saturated heterocycles. The van der Waals surface area contributed by atoms with Gasteiger partial charge in [0.1, 0.15) is 4.88 Å². The summed E-state index contributed by atoms with van der Waals surface area (Å²) in [5.74, 6) is -0.779. The Morgan fingerprint density at radius 3 is 2.39 bits per heavy atom. The van der Waals surface area contributed by atoms with Gasteiger partial charge in [-0.05, 0) is 44.7 Å². The second kappa shape index (κ2) is 6.96. The maximum Gasteiger partial charge on any atom is 0.349 e. The number of carbonyl (C=O) groups excluding carboxylic acids is 2. The average Bonchev–Trinajstić information content (AvgIpc) is 2.93. The first kappa shape index (κ1) is 17.2. The molecule has 1 aromatic heterocycles. The first-order chi connectivity index (χ1) is 10.8. The molecule has 0 saturated carbocycles. The van der Waals surface area contributed by atoms with Gasteiger partial charge in [-0.3, -0.25) is 4.79 Å². The van der Waals surface area contributed by atoms with Gasteiger partial charge in [0.05, 0.1) is 0 Å². The summed E-state index contributed by atoms with van der Waals surface area (Å²) < 4.78 is 5.14. The van der Waals surface area contributed by atoms with Crippen molar-refractivity contribution >= 4 is 23.2 Å². The van der Waals surface area contributed by atoms with Crippen molar-refractivity contribution in [3.05, 3.63) is 46.2 Å². The lowest BCUT2D eigenvalue weighted by Gasteiger charge is -2.20. The van der Waals surface area contributed by atoms with Crippen molar-refractivity contribution in [1.29, 1.82) is 0 Å². The number of benzene rings is 1. The molecule has 122 valence electrons. The Morgan fingerprint density at radius 1 is 1.13 bits per heavy atom. The third-order valence-corrected chi connectivity index (χ3v) is 3.96.